The number of halogens is 3. The molecule has 0 saturated carbocycles. The number of benzene rings is 1. The first-order valence-electron chi connectivity index (χ1n) is 6.16. The van der Waals surface area contributed by atoms with Crippen LogP contribution in [0.25, 0.3) is 6.08 Å². The van der Waals surface area contributed by atoms with Crippen LogP contribution in [0.3, 0.4) is 0 Å². The fourth-order valence-electron chi connectivity index (χ4n) is 1.85. The zero-order chi connectivity index (χ0) is 15.7. The van der Waals surface area contributed by atoms with Gasteiger partial charge in [-0.25, -0.2) is 9.79 Å². The molecule has 3 nitrogen and oxygen atoms in total. The van der Waals surface area contributed by atoms with Crippen LogP contribution in [0, 0.1) is 0 Å². The molecule has 0 unspecified atom stereocenters. The zero-order valence-corrected chi connectivity index (χ0v) is 11.7. The number of carbonyl (C=O) groups is 1. The van der Waals surface area contributed by atoms with Crippen LogP contribution < -0.4 is 0 Å². The molecular weight excluding hydrogens is 315 g/mol. The van der Waals surface area contributed by atoms with E-state index in [9.17, 15) is 18.0 Å². The van der Waals surface area contributed by atoms with E-state index in [0.717, 1.165) is 17.7 Å². The largest absolute Gasteiger partial charge is 0.416 e. The lowest BCUT2D eigenvalue weighted by Crippen LogP contribution is -2.08. The van der Waals surface area contributed by atoms with Crippen molar-refractivity contribution in [3.05, 3.63) is 63.5 Å². The molecule has 0 spiro atoms. The smallest absolute Gasteiger partial charge is 0.402 e. The molecule has 0 radical (unpaired) electrons. The Morgan fingerprint density at radius 2 is 1.86 bits per heavy atom. The molecule has 22 heavy (non-hydrogen) atoms. The quantitative estimate of drug-likeness (QED) is 0.616. The van der Waals surface area contributed by atoms with Gasteiger partial charge in [-0.15, -0.1) is 0 Å². The van der Waals surface area contributed by atoms with Crippen LogP contribution in [-0.4, -0.2) is 11.9 Å². The molecule has 0 bridgehead atoms. The van der Waals surface area contributed by atoms with Gasteiger partial charge < -0.3 is 4.74 Å². The average molecular weight is 323 g/mol. The van der Waals surface area contributed by atoms with Gasteiger partial charge in [-0.1, -0.05) is 0 Å². The highest BCUT2D eigenvalue weighted by Gasteiger charge is 2.31. The predicted molar refractivity (Wildman–Crippen MR) is 76.4 cm³/mol. The summed E-state index contributed by atoms with van der Waals surface area (Å²) in [6, 6.07) is 6.11. The standard InChI is InChI=1S/C15H8F3NO2S/c16-15(17,18)11-3-1-10(2-4-11)13-19-12(14(20)21-13)7-9-5-6-22-8-9/h1-8H. The van der Waals surface area contributed by atoms with Gasteiger partial charge in [0.2, 0.25) is 5.90 Å². The van der Waals surface area contributed by atoms with Crippen LogP contribution in [0.15, 0.2) is 51.8 Å². The van der Waals surface area contributed by atoms with Crippen molar-refractivity contribution in [3.63, 3.8) is 0 Å². The summed E-state index contributed by atoms with van der Waals surface area (Å²) in [4.78, 5) is 15.8. The van der Waals surface area contributed by atoms with Gasteiger partial charge in [-0.05, 0) is 52.7 Å². The van der Waals surface area contributed by atoms with Gasteiger partial charge in [-0.3, -0.25) is 0 Å². The zero-order valence-electron chi connectivity index (χ0n) is 10.9. The highest BCUT2D eigenvalue weighted by atomic mass is 32.1. The van der Waals surface area contributed by atoms with Crippen molar-refractivity contribution in [2.75, 3.05) is 0 Å². The number of aliphatic imine (C=N–C) groups is 1. The van der Waals surface area contributed by atoms with E-state index in [2.05, 4.69) is 4.99 Å². The third-order valence-corrected chi connectivity index (χ3v) is 3.63. The topological polar surface area (TPSA) is 38.7 Å². The highest BCUT2D eigenvalue weighted by molar-refractivity contribution is 7.08. The highest BCUT2D eigenvalue weighted by Crippen LogP contribution is 2.29. The van der Waals surface area contributed by atoms with E-state index < -0.39 is 17.7 Å². The molecule has 0 aliphatic carbocycles. The minimum Gasteiger partial charge on any atom is -0.402 e. The Balaban J connectivity index is 1.88. The number of rotatable bonds is 2. The number of ether oxygens (including phenoxy) is 1. The van der Waals surface area contributed by atoms with Crippen molar-refractivity contribution in [1.82, 2.24) is 0 Å². The van der Waals surface area contributed by atoms with Crippen LogP contribution in [0.4, 0.5) is 13.2 Å². The van der Waals surface area contributed by atoms with Gasteiger partial charge in [0.15, 0.2) is 5.70 Å². The first kappa shape index (κ1) is 14.5. The van der Waals surface area contributed by atoms with E-state index in [1.807, 2.05) is 16.8 Å². The Hall–Kier alpha value is -2.41. The Morgan fingerprint density at radius 1 is 1.14 bits per heavy atom. The molecule has 1 aliphatic heterocycles. The molecule has 7 heteroatoms. The summed E-state index contributed by atoms with van der Waals surface area (Å²) < 4.78 is 42.5. The Labute approximate surface area is 127 Å². The molecule has 3 rings (SSSR count). The molecule has 0 atom stereocenters. The van der Waals surface area contributed by atoms with Gasteiger partial charge in [0.05, 0.1) is 5.56 Å². The maximum absolute atomic E-state index is 12.5. The molecule has 1 aromatic heterocycles. The maximum Gasteiger partial charge on any atom is 0.416 e. The molecule has 2 aromatic rings. The number of hydrogen-bond donors (Lipinski definition) is 0. The van der Waals surface area contributed by atoms with E-state index in [-0.39, 0.29) is 11.6 Å². The van der Waals surface area contributed by atoms with Gasteiger partial charge in [0.25, 0.3) is 0 Å². The Morgan fingerprint density at radius 3 is 2.45 bits per heavy atom. The second-order valence-electron chi connectivity index (χ2n) is 4.47. The lowest BCUT2D eigenvalue weighted by Gasteiger charge is -2.06. The number of nitrogens with zero attached hydrogens (tertiary/aromatic N) is 1. The van der Waals surface area contributed by atoms with E-state index in [1.165, 1.54) is 23.5 Å². The van der Waals surface area contributed by atoms with E-state index in [0.29, 0.717) is 5.56 Å². The van der Waals surface area contributed by atoms with Crippen molar-refractivity contribution in [1.29, 1.82) is 0 Å². The van der Waals surface area contributed by atoms with Gasteiger partial charge in [0, 0.05) is 5.56 Å². The van der Waals surface area contributed by atoms with Gasteiger partial charge >= 0.3 is 12.1 Å². The number of cyclic esters (lactones) is 1. The van der Waals surface area contributed by atoms with Crippen molar-refractivity contribution in [3.8, 4) is 0 Å². The minimum absolute atomic E-state index is 0.000189. The summed E-state index contributed by atoms with van der Waals surface area (Å²) in [6.45, 7) is 0. The van der Waals surface area contributed by atoms with Crippen LogP contribution >= 0.6 is 11.3 Å². The van der Waals surface area contributed by atoms with Crippen LogP contribution in [0.5, 0.6) is 0 Å². The molecule has 112 valence electrons. The molecule has 0 N–H and O–H groups in total. The summed E-state index contributed by atoms with van der Waals surface area (Å²) >= 11 is 1.47. The predicted octanol–water partition coefficient (Wildman–Crippen LogP) is 4.11. The van der Waals surface area contributed by atoms with E-state index >= 15 is 0 Å². The fourth-order valence-corrected chi connectivity index (χ4v) is 2.47. The second kappa shape index (κ2) is 5.42. The third-order valence-electron chi connectivity index (χ3n) is 2.93. The summed E-state index contributed by atoms with van der Waals surface area (Å²) in [7, 11) is 0. The first-order valence-corrected chi connectivity index (χ1v) is 7.10. The molecule has 0 saturated heterocycles. The second-order valence-corrected chi connectivity index (χ2v) is 5.25. The first-order chi connectivity index (χ1) is 10.4. The lowest BCUT2D eigenvalue weighted by molar-refractivity contribution is -0.137. The lowest BCUT2D eigenvalue weighted by atomic mass is 10.1. The summed E-state index contributed by atoms with van der Waals surface area (Å²) in [5, 5.41) is 3.69. The number of esters is 1. The molecule has 0 fully saturated rings. The van der Waals surface area contributed by atoms with Crippen LogP contribution in [0.2, 0.25) is 0 Å². The van der Waals surface area contributed by atoms with Gasteiger partial charge in [0.1, 0.15) is 0 Å². The summed E-state index contributed by atoms with van der Waals surface area (Å²) in [5.41, 5.74) is 0.480. The average Bonchev–Trinajstić information content (AvgIpc) is 3.09. The fraction of sp³-hybridized carbons (Fsp3) is 0.0667. The maximum atomic E-state index is 12.5. The Kier molecular flexibility index (Phi) is 3.58. The number of carbonyl (C=O) groups excluding carboxylic acids is 1. The van der Waals surface area contributed by atoms with Crippen molar-refractivity contribution in [2.45, 2.75) is 6.18 Å². The third kappa shape index (κ3) is 2.94. The number of hydrogen-bond acceptors (Lipinski definition) is 4. The van der Waals surface area contributed by atoms with Crippen molar-refractivity contribution >= 4 is 29.3 Å². The molecule has 1 aromatic carbocycles. The molecule has 2 heterocycles. The SMILES string of the molecule is O=C1OC(c2ccc(C(F)(F)F)cc2)=NC1=Cc1ccsc1. The van der Waals surface area contributed by atoms with Gasteiger partial charge in [-0.2, -0.15) is 24.5 Å². The Bertz CT molecular complexity index is 759. The van der Waals surface area contributed by atoms with E-state index in [1.54, 1.807) is 6.08 Å². The van der Waals surface area contributed by atoms with Crippen molar-refractivity contribution in [2.24, 2.45) is 4.99 Å². The molecular formula is C15H8F3NO2S. The van der Waals surface area contributed by atoms with Crippen LogP contribution in [0.1, 0.15) is 16.7 Å². The molecule has 1 aliphatic rings. The number of alkyl halides is 3. The van der Waals surface area contributed by atoms with Crippen molar-refractivity contribution < 1.29 is 22.7 Å². The van der Waals surface area contributed by atoms with E-state index in [4.69, 9.17) is 4.74 Å². The number of thiophene rings is 1. The minimum atomic E-state index is -4.41. The normalized spacial score (nSPS) is 16.8. The monoisotopic (exact) mass is 323 g/mol. The van der Waals surface area contributed by atoms with Crippen LogP contribution in [-0.2, 0) is 15.7 Å². The summed E-state index contributed by atoms with van der Waals surface area (Å²) in [6.07, 6.45) is -2.84. The summed E-state index contributed by atoms with van der Waals surface area (Å²) in [5.74, 6) is -0.624. The molecule has 0 amide bonds.